The molecule has 84 valence electrons. The van der Waals surface area contributed by atoms with E-state index >= 15 is 0 Å². The van der Waals surface area contributed by atoms with E-state index in [1.807, 2.05) is 34.6 Å². The van der Waals surface area contributed by atoms with Gasteiger partial charge in [-0.2, -0.15) is 0 Å². The zero-order valence-corrected chi connectivity index (χ0v) is 11.3. The third kappa shape index (κ3) is 148. The van der Waals surface area contributed by atoms with E-state index in [0.717, 1.165) is 6.42 Å². The summed E-state index contributed by atoms with van der Waals surface area (Å²) in [7, 11) is 0. The summed E-state index contributed by atoms with van der Waals surface area (Å²) in [5.74, 6) is 0. The lowest BCUT2D eigenvalue weighted by atomic mass is 10.3. The van der Waals surface area contributed by atoms with Crippen molar-refractivity contribution in [2.24, 2.45) is 0 Å². The molecule has 0 aromatic carbocycles. The highest BCUT2D eigenvalue weighted by Gasteiger charge is 1.67. The molecule has 0 radical (unpaired) electrons. The Labute approximate surface area is 87.4 Å². The fourth-order valence-corrected chi connectivity index (χ4v) is 0. The van der Waals surface area contributed by atoms with Gasteiger partial charge in [0, 0.05) is 0 Å². The maximum atomic E-state index is 3.67. The lowest BCUT2D eigenvalue weighted by molar-refractivity contribution is 0.886. The highest BCUT2D eigenvalue weighted by atomic mass is 13.7. The zero-order chi connectivity index (χ0) is 11.7. The SMILES string of the molecule is C=C(C)CC.CC.CC.CCCC. The van der Waals surface area contributed by atoms with Gasteiger partial charge in [0.25, 0.3) is 0 Å². The smallest absolute Gasteiger partial charge is 0.0354 e. The topological polar surface area (TPSA) is 0 Å². The van der Waals surface area contributed by atoms with Crippen LogP contribution in [0.3, 0.4) is 0 Å². The van der Waals surface area contributed by atoms with Gasteiger partial charge in [0.2, 0.25) is 0 Å². The Bertz CT molecular complexity index is 51.1. The first kappa shape index (κ1) is 23.0. The number of hydrogen-bond donors (Lipinski definition) is 0. The van der Waals surface area contributed by atoms with Crippen molar-refractivity contribution < 1.29 is 0 Å². The van der Waals surface area contributed by atoms with Gasteiger partial charge in [-0.25, -0.2) is 0 Å². The average molecular weight is 188 g/mol. The van der Waals surface area contributed by atoms with Crippen molar-refractivity contribution in [2.45, 2.75) is 74.7 Å². The van der Waals surface area contributed by atoms with Gasteiger partial charge >= 0.3 is 0 Å². The van der Waals surface area contributed by atoms with Gasteiger partial charge in [0.15, 0.2) is 0 Å². The fourth-order valence-electron chi connectivity index (χ4n) is 0. The van der Waals surface area contributed by atoms with Crippen LogP contribution in [0.2, 0.25) is 0 Å². The maximum Gasteiger partial charge on any atom is -0.0354 e. The van der Waals surface area contributed by atoms with Crippen LogP contribution >= 0.6 is 0 Å². The van der Waals surface area contributed by atoms with Gasteiger partial charge in [0.05, 0.1) is 0 Å². The molecule has 0 aromatic rings. The molecule has 0 rings (SSSR count). The molecular weight excluding hydrogens is 156 g/mol. The molecule has 0 atom stereocenters. The molecule has 0 fully saturated rings. The van der Waals surface area contributed by atoms with Crippen molar-refractivity contribution in [2.75, 3.05) is 0 Å². The minimum atomic E-state index is 1.11. The molecule has 0 unspecified atom stereocenters. The number of rotatable bonds is 2. The van der Waals surface area contributed by atoms with Crippen LogP contribution in [-0.2, 0) is 0 Å². The molecular formula is C13H32. The maximum absolute atomic E-state index is 3.67. The van der Waals surface area contributed by atoms with Gasteiger partial charge < -0.3 is 0 Å². The summed E-state index contributed by atoms with van der Waals surface area (Å²) in [6.07, 6.45) is 3.75. The normalized spacial score (nSPS) is 6.15. The minimum Gasteiger partial charge on any atom is -0.100 e. The Hall–Kier alpha value is -0.260. The summed E-state index contributed by atoms with van der Waals surface area (Å²) in [6, 6.07) is 0. The first-order valence-corrected chi connectivity index (χ1v) is 5.83. The van der Waals surface area contributed by atoms with Crippen LogP contribution in [0, 0.1) is 0 Å². The minimum absolute atomic E-state index is 1.11. The second-order valence-electron chi connectivity index (χ2n) is 2.31. The van der Waals surface area contributed by atoms with E-state index in [1.54, 1.807) is 0 Å². The van der Waals surface area contributed by atoms with Crippen LogP contribution in [0.5, 0.6) is 0 Å². The van der Waals surface area contributed by atoms with Crippen LogP contribution in [-0.4, -0.2) is 0 Å². The van der Waals surface area contributed by atoms with Crippen molar-refractivity contribution >= 4 is 0 Å². The van der Waals surface area contributed by atoms with Crippen LogP contribution in [0.1, 0.15) is 74.7 Å². The van der Waals surface area contributed by atoms with Gasteiger partial charge in [-0.1, -0.05) is 66.9 Å². The monoisotopic (exact) mass is 188 g/mol. The lowest BCUT2D eigenvalue weighted by Gasteiger charge is -1.79. The Morgan fingerprint density at radius 2 is 1.00 bits per heavy atom. The molecule has 0 heteroatoms. The van der Waals surface area contributed by atoms with Crippen LogP contribution < -0.4 is 0 Å². The fraction of sp³-hybridized carbons (Fsp3) is 0.846. The van der Waals surface area contributed by atoms with Crippen molar-refractivity contribution in [3.8, 4) is 0 Å². The van der Waals surface area contributed by atoms with Crippen LogP contribution in [0.15, 0.2) is 12.2 Å². The molecule has 0 heterocycles. The molecule has 0 aromatic heterocycles. The van der Waals surface area contributed by atoms with E-state index in [1.165, 1.54) is 18.4 Å². The zero-order valence-electron chi connectivity index (χ0n) is 11.3. The third-order valence-corrected chi connectivity index (χ3v) is 1.10. The van der Waals surface area contributed by atoms with E-state index in [2.05, 4.69) is 27.4 Å². The highest BCUT2D eigenvalue weighted by Crippen LogP contribution is 1.88. The first-order valence-electron chi connectivity index (χ1n) is 5.83. The van der Waals surface area contributed by atoms with Gasteiger partial charge in [-0.05, 0) is 13.3 Å². The van der Waals surface area contributed by atoms with Gasteiger partial charge in [-0.3, -0.25) is 0 Å². The molecule has 0 bridgehead atoms. The summed E-state index contributed by atoms with van der Waals surface area (Å²) < 4.78 is 0. The number of hydrogen-bond acceptors (Lipinski definition) is 0. The predicted molar refractivity (Wildman–Crippen MR) is 68.4 cm³/mol. The van der Waals surface area contributed by atoms with Gasteiger partial charge in [-0.15, -0.1) is 6.58 Å². The second-order valence-corrected chi connectivity index (χ2v) is 2.31. The lowest BCUT2D eigenvalue weighted by Crippen LogP contribution is -1.58. The number of unbranched alkanes of at least 4 members (excludes halogenated alkanes) is 1. The summed E-state index contributed by atoms with van der Waals surface area (Å²) in [5.41, 5.74) is 1.25. The van der Waals surface area contributed by atoms with E-state index in [-0.39, 0.29) is 0 Å². The molecule has 0 nitrogen and oxygen atoms in total. The third-order valence-electron chi connectivity index (χ3n) is 1.10. The van der Waals surface area contributed by atoms with Crippen molar-refractivity contribution in [3.63, 3.8) is 0 Å². The molecule has 0 saturated carbocycles. The molecule has 0 spiro atoms. The summed E-state index contributed by atoms with van der Waals surface area (Å²) in [4.78, 5) is 0. The Balaban J connectivity index is -0.0000000457. The second kappa shape index (κ2) is 41.1. The molecule has 0 N–H and O–H groups in total. The van der Waals surface area contributed by atoms with Crippen molar-refractivity contribution in [1.82, 2.24) is 0 Å². The van der Waals surface area contributed by atoms with E-state index in [0.29, 0.717) is 0 Å². The average Bonchev–Trinajstić information content (AvgIpc) is 2.24. The Morgan fingerprint density at radius 1 is 0.846 bits per heavy atom. The first-order chi connectivity index (χ1) is 6.18. The largest absolute Gasteiger partial charge is 0.100 e. The van der Waals surface area contributed by atoms with Gasteiger partial charge in [0.1, 0.15) is 0 Å². The quantitative estimate of drug-likeness (QED) is 0.478. The standard InChI is InChI=1S/C5H10.C4H10.2C2H6/c1-4-5(2)3;1-3-4-2;2*1-2/h2,4H2,1,3H3;3-4H2,1-2H3;2*1-2H3. The summed E-state index contributed by atoms with van der Waals surface area (Å²) in [6.45, 7) is 20.2. The molecule has 0 aliphatic heterocycles. The van der Waals surface area contributed by atoms with Crippen molar-refractivity contribution in [3.05, 3.63) is 12.2 Å². The predicted octanol–water partition coefficient (Wildman–Crippen LogP) is 5.83. The van der Waals surface area contributed by atoms with Crippen LogP contribution in [0.25, 0.3) is 0 Å². The molecule has 0 aliphatic rings. The molecule has 0 saturated heterocycles. The van der Waals surface area contributed by atoms with E-state index in [9.17, 15) is 0 Å². The van der Waals surface area contributed by atoms with Crippen LogP contribution in [0.4, 0.5) is 0 Å². The van der Waals surface area contributed by atoms with Crippen molar-refractivity contribution in [1.29, 1.82) is 0 Å². The van der Waals surface area contributed by atoms with E-state index < -0.39 is 0 Å². The number of allylic oxidation sites excluding steroid dienone is 1. The molecule has 0 amide bonds. The summed E-state index contributed by atoms with van der Waals surface area (Å²) >= 11 is 0. The summed E-state index contributed by atoms with van der Waals surface area (Å²) in [5, 5.41) is 0. The Kier molecular flexibility index (Phi) is 72.7. The molecule has 0 aliphatic carbocycles. The molecule has 13 heavy (non-hydrogen) atoms. The highest BCUT2D eigenvalue weighted by molar-refractivity contribution is 4.84. The Morgan fingerprint density at radius 3 is 1.00 bits per heavy atom. The van der Waals surface area contributed by atoms with E-state index in [4.69, 9.17) is 0 Å².